The van der Waals surface area contributed by atoms with Gasteiger partial charge in [0.15, 0.2) is 21.6 Å². The van der Waals surface area contributed by atoms with E-state index >= 15 is 0 Å². The summed E-state index contributed by atoms with van der Waals surface area (Å²) in [5.74, 6) is -1.60. The molecule has 1 aromatic carbocycles. The Hall–Kier alpha value is -1.72. The Balaban J connectivity index is 0.000000472. The lowest BCUT2D eigenvalue weighted by molar-refractivity contribution is -0.0517. The molecule has 0 unspecified atom stereocenters. The third-order valence-electron chi connectivity index (χ3n) is 2.20. The second kappa shape index (κ2) is 6.58. The Bertz CT molecular complexity index is 649. The van der Waals surface area contributed by atoms with Crippen LogP contribution in [0.4, 0.5) is 23.2 Å². The number of alkyl halides is 3. The van der Waals surface area contributed by atoms with Gasteiger partial charge in [-0.05, 0) is 12.1 Å². The van der Waals surface area contributed by atoms with E-state index in [1.807, 2.05) is 21.1 Å². The summed E-state index contributed by atoms with van der Waals surface area (Å²) < 4.78 is 72.7. The molecule has 0 radical (unpaired) electrons. The summed E-state index contributed by atoms with van der Waals surface area (Å²) in [4.78, 5) is 10.5. The Labute approximate surface area is 123 Å². The summed E-state index contributed by atoms with van der Waals surface area (Å²) in [7, 11) is -0.635. The van der Waals surface area contributed by atoms with E-state index in [4.69, 9.17) is 18.1 Å². The number of benzene rings is 1. The van der Waals surface area contributed by atoms with E-state index in [1.54, 1.807) is 0 Å². The maximum atomic E-state index is 13.4. The average Bonchev–Trinajstić information content (AvgIpc) is 2.24. The molecule has 11 heteroatoms. The zero-order chi connectivity index (χ0) is 17.9. The lowest BCUT2D eigenvalue weighted by atomic mass is 10.2. The van der Waals surface area contributed by atoms with Crippen molar-refractivity contribution in [3.05, 3.63) is 29.6 Å². The smallest absolute Gasteiger partial charge is 0.485 e. The normalized spacial score (nSPS) is 12.4. The number of carboxylic acid groups (broad SMARTS) is 1. The average molecular weight is 347 g/mol. The highest BCUT2D eigenvalue weighted by Gasteiger charge is 2.36. The van der Waals surface area contributed by atoms with Crippen LogP contribution in [0.15, 0.2) is 18.2 Å². The fourth-order valence-corrected chi connectivity index (χ4v) is 1.18. The second-order valence-corrected chi connectivity index (χ2v) is 6.25. The molecule has 0 atom stereocenters. The molecule has 0 aliphatic rings. The van der Waals surface area contributed by atoms with Crippen LogP contribution in [0.25, 0.3) is 0 Å². The first-order valence-electron chi connectivity index (χ1n) is 5.44. The van der Waals surface area contributed by atoms with Gasteiger partial charge >= 0.3 is 11.5 Å². The summed E-state index contributed by atoms with van der Waals surface area (Å²) in [5, 5.41) is 8.63. The monoisotopic (exact) mass is 347 g/mol. The van der Waals surface area contributed by atoms with Crippen LogP contribution in [0.3, 0.4) is 0 Å². The number of nitrogens with zero attached hydrogens (tertiary/aromatic N) is 1. The number of quaternary nitrogens is 1. The molecule has 0 amide bonds. The lowest BCUT2D eigenvalue weighted by Gasteiger charge is -2.23. The predicted octanol–water partition coefficient (Wildman–Crippen LogP) is 1.77. The van der Waals surface area contributed by atoms with Crippen LogP contribution in [0.2, 0.25) is 0 Å². The SMILES string of the molecule is C[N+](C)(C)c1ccc(C(=O)O)cc1F.O=S(=O)([O-])C(F)(F)F. The molecular weight excluding hydrogens is 334 g/mol. The van der Waals surface area contributed by atoms with E-state index in [2.05, 4.69) is 0 Å². The molecule has 1 rings (SSSR count). The zero-order valence-electron chi connectivity index (χ0n) is 11.7. The van der Waals surface area contributed by atoms with Gasteiger partial charge in [0.1, 0.15) is 0 Å². The van der Waals surface area contributed by atoms with E-state index < -0.39 is 27.4 Å². The minimum Gasteiger partial charge on any atom is -0.741 e. The fourth-order valence-electron chi connectivity index (χ4n) is 1.18. The van der Waals surface area contributed by atoms with Crippen LogP contribution >= 0.6 is 0 Å². The lowest BCUT2D eigenvalue weighted by Crippen LogP contribution is -2.35. The van der Waals surface area contributed by atoms with Gasteiger partial charge in [-0.25, -0.2) is 17.6 Å². The van der Waals surface area contributed by atoms with Crippen LogP contribution in [0.1, 0.15) is 10.4 Å². The van der Waals surface area contributed by atoms with E-state index in [9.17, 15) is 22.4 Å². The second-order valence-electron chi connectivity index (χ2n) is 4.88. The summed E-state index contributed by atoms with van der Waals surface area (Å²) >= 11 is 0. The van der Waals surface area contributed by atoms with Gasteiger partial charge in [0.2, 0.25) is 0 Å². The predicted molar refractivity (Wildman–Crippen MR) is 68.7 cm³/mol. The van der Waals surface area contributed by atoms with Crippen molar-refractivity contribution in [3.63, 3.8) is 0 Å². The number of carbonyl (C=O) groups is 1. The quantitative estimate of drug-likeness (QED) is 0.381. The first-order chi connectivity index (χ1) is 9.57. The Kier molecular flexibility index (Phi) is 6.07. The highest BCUT2D eigenvalue weighted by atomic mass is 32.2. The van der Waals surface area contributed by atoms with Crippen LogP contribution in [-0.2, 0) is 10.1 Å². The van der Waals surface area contributed by atoms with Gasteiger partial charge < -0.3 is 9.66 Å². The molecule has 0 heterocycles. The molecule has 0 fully saturated rings. The largest absolute Gasteiger partial charge is 0.741 e. The highest BCUT2D eigenvalue weighted by molar-refractivity contribution is 7.86. The topological polar surface area (TPSA) is 94.5 Å². The van der Waals surface area contributed by atoms with Crippen molar-refractivity contribution < 1.29 is 40.4 Å². The molecular formula is C11H13F4NO5S. The van der Waals surface area contributed by atoms with Gasteiger partial charge in [-0.2, -0.15) is 13.2 Å². The molecule has 0 aromatic heterocycles. The third kappa shape index (κ3) is 5.95. The third-order valence-corrected chi connectivity index (χ3v) is 2.77. The molecule has 0 spiro atoms. The molecule has 0 bridgehead atoms. The van der Waals surface area contributed by atoms with Gasteiger partial charge in [0.25, 0.3) is 0 Å². The van der Waals surface area contributed by atoms with Crippen molar-refractivity contribution in [3.8, 4) is 0 Å². The highest BCUT2D eigenvalue weighted by Crippen LogP contribution is 2.22. The molecule has 0 saturated heterocycles. The van der Waals surface area contributed by atoms with Crippen LogP contribution < -0.4 is 4.48 Å². The van der Waals surface area contributed by atoms with Crippen molar-refractivity contribution in [2.75, 3.05) is 21.1 Å². The van der Waals surface area contributed by atoms with E-state index in [-0.39, 0.29) is 5.56 Å². The van der Waals surface area contributed by atoms with Crippen molar-refractivity contribution in [2.24, 2.45) is 0 Å². The maximum absolute atomic E-state index is 13.4. The molecule has 0 saturated carbocycles. The Morgan fingerprint density at radius 3 is 1.86 bits per heavy atom. The maximum Gasteiger partial charge on any atom is 0.485 e. The first-order valence-corrected chi connectivity index (χ1v) is 6.85. The molecule has 6 nitrogen and oxygen atoms in total. The molecule has 0 aliphatic heterocycles. The van der Waals surface area contributed by atoms with E-state index in [1.165, 1.54) is 12.1 Å². The summed E-state index contributed by atoms with van der Waals surface area (Å²) in [6, 6.07) is 3.95. The molecule has 1 N–H and O–H groups in total. The summed E-state index contributed by atoms with van der Waals surface area (Å²) in [6.45, 7) is 0. The Morgan fingerprint density at radius 2 is 1.64 bits per heavy atom. The molecule has 0 aliphatic carbocycles. The molecule has 1 aromatic rings. The number of halogens is 4. The number of carboxylic acids is 1. The summed E-state index contributed by atoms with van der Waals surface area (Å²) in [6.07, 6.45) is 0. The summed E-state index contributed by atoms with van der Waals surface area (Å²) in [5.41, 5.74) is -5.21. The van der Waals surface area contributed by atoms with Crippen LogP contribution in [0, 0.1) is 5.82 Å². The van der Waals surface area contributed by atoms with Gasteiger partial charge in [-0.15, -0.1) is 0 Å². The minimum absolute atomic E-state index is 0.0281. The van der Waals surface area contributed by atoms with Crippen LogP contribution in [-0.4, -0.2) is 50.7 Å². The van der Waals surface area contributed by atoms with E-state index in [0.29, 0.717) is 10.2 Å². The molecule has 126 valence electrons. The fraction of sp³-hybridized carbons (Fsp3) is 0.364. The zero-order valence-corrected chi connectivity index (χ0v) is 12.5. The van der Waals surface area contributed by atoms with Crippen molar-refractivity contribution in [2.45, 2.75) is 5.51 Å². The standard InChI is InChI=1S/C10H12FNO2.CHF3O3S/c1-12(2,3)9-5-4-7(10(13)14)6-8(9)11;2-1(3,4)8(5,6)7/h4-6H,1-3H3;(H,5,6,7). The first kappa shape index (κ1) is 20.3. The van der Waals surface area contributed by atoms with Gasteiger partial charge in [0.05, 0.1) is 26.7 Å². The van der Waals surface area contributed by atoms with Gasteiger partial charge in [-0.1, -0.05) is 0 Å². The molecule has 22 heavy (non-hydrogen) atoms. The van der Waals surface area contributed by atoms with Gasteiger partial charge in [-0.3, -0.25) is 4.48 Å². The number of hydrogen-bond donors (Lipinski definition) is 1. The van der Waals surface area contributed by atoms with E-state index in [0.717, 1.165) is 6.07 Å². The van der Waals surface area contributed by atoms with Crippen molar-refractivity contribution >= 4 is 21.8 Å². The van der Waals surface area contributed by atoms with Crippen LogP contribution in [0.5, 0.6) is 0 Å². The number of hydrogen-bond acceptors (Lipinski definition) is 4. The van der Waals surface area contributed by atoms with Crippen molar-refractivity contribution in [1.82, 2.24) is 4.48 Å². The number of rotatable bonds is 2. The van der Waals surface area contributed by atoms with Crippen molar-refractivity contribution in [1.29, 1.82) is 0 Å². The Morgan fingerprint density at radius 1 is 1.23 bits per heavy atom. The van der Waals surface area contributed by atoms with Gasteiger partial charge in [0, 0.05) is 6.07 Å². The minimum atomic E-state index is -6.09. The number of aromatic carboxylic acids is 1.